The zero-order chi connectivity index (χ0) is 20.2. The molecule has 6 nitrogen and oxygen atoms in total. The molecule has 0 fully saturated rings. The number of carbonyl (C=O) groups excluding carboxylic acids is 3. The zero-order valence-electron chi connectivity index (χ0n) is 15.6. The maximum Gasteiger partial charge on any atom is 0.328 e. The van der Waals surface area contributed by atoms with Crippen molar-refractivity contribution >= 4 is 29.6 Å². The lowest BCUT2D eigenvalue weighted by atomic mass is 10.1. The molecule has 0 aliphatic rings. The summed E-state index contributed by atoms with van der Waals surface area (Å²) in [5, 5.41) is 2.56. The average molecular weight is 401 g/mol. The summed E-state index contributed by atoms with van der Waals surface area (Å²) in [5.74, 6) is -1.00. The highest BCUT2D eigenvalue weighted by Gasteiger charge is 2.22. The van der Waals surface area contributed by atoms with E-state index in [0.29, 0.717) is 12.2 Å². The van der Waals surface area contributed by atoms with Crippen LogP contribution in [0.5, 0.6) is 0 Å². The number of esters is 2. The van der Waals surface area contributed by atoms with E-state index in [4.69, 9.17) is 9.47 Å². The van der Waals surface area contributed by atoms with Gasteiger partial charge in [-0.25, -0.2) is 4.79 Å². The predicted molar refractivity (Wildman–Crippen MR) is 107 cm³/mol. The summed E-state index contributed by atoms with van der Waals surface area (Å²) in [7, 11) is 1.26. The summed E-state index contributed by atoms with van der Waals surface area (Å²) in [5.41, 5.74) is 0.883. The minimum Gasteiger partial charge on any atom is -0.467 e. The van der Waals surface area contributed by atoms with Crippen LogP contribution in [0.1, 0.15) is 12.0 Å². The Morgan fingerprint density at radius 1 is 1.00 bits per heavy atom. The van der Waals surface area contributed by atoms with Gasteiger partial charge in [-0.3, -0.25) is 9.59 Å². The van der Waals surface area contributed by atoms with Gasteiger partial charge in [0.05, 0.1) is 13.5 Å². The van der Waals surface area contributed by atoms with Gasteiger partial charge in [0.2, 0.25) is 0 Å². The SMILES string of the molecule is COC(=O)C(Cc1ccccc1)NC(=O)COC(=O)CCSc1ccccc1. The van der Waals surface area contributed by atoms with Crippen molar-refractivity contribution < 1.29 is 23.9 Å². The topological polar surface area (TPSA) is 81.7 Å². The molecular weight excluding hydrogens is 378 g/mol. The quantitative estimate of drug-likeness (QED) is 0.487. The zero-order valence-corrected chi connectivity index (χ0v) is 16.4. The second-order valence-corrected chi connectivity index (χ2v) is 7.07. The molecule has 0 aliphatic heterocycles. The van der Waals surface area contributed by atoms with Gasteiger partial charge in [0.1, 0.15) is 6.04 Å². The average Bonchev–Trinajstić information content (AvgIpc) is 2.72. The van der Waals surface area contributed by atoms with Crippen molar-refractivity contribution in [2.24, 2.45) is 0 Å². The van der Waals surface area contributed by atoms with Gasteiger partial charge in [-0.1, -0.05) is 48.5 Å². The Kier molecular flexibility index (Phi) is 9.07. The number of ether oxygens (including phenoxy) is 2. The van der Waals surface area contributed by atoms with Gasteiger partial charge < -0.3 is 14.8 Å². The summed E-state index contributed by atoms with van der Waals surface area (Å²) in [4.78, 5) is 36.8. The molecule has 2 rings (SSSR count). The van der Waals surface area contributed by atoms with Gasteiger partial charge in [0, 0.05) is 17.1 Å². The van der Waals surface area contributed by atoms with Crippen molar-refractivity contribution in [3.63, 3.8) is 0 Å². The first-order valence-corrected chi connectivity index (χ1v) is 9.81. The van der Waals surface area contributed by atoms with E-state index in [-0.39, 0.29) is 6.42 Å². The van der Waals surface area contributed by atoms with Gasteiger partial charge in [-0.2, -0.15) is 0 Å². The van der Waals surface area contributed by atoms with E-state index >= 15 is 0 Å². The number of amides is 1. The maximum atomic E-state index is 12.1. The standard InChI is InChI=1S/C21H23NO5S/c1-26-21(25)18(14-16-8-4-2-5-9-16)22-19(23)15-27-20(24)12-13-28-17-10-6-3-7-11-17/h2-11,18H,12-15H2,1H3,(H,22,23). The Hall–Kier alpha value is -2.80. The first-order chi connectivity index (χ1) is 13.6. The summed E-state index contributed by atoms with van der Waals surface area (Å²) in [6.45, 7) is -0.433. The van der Waals surface area contributed by atoms with Crippen molar-refractivity contribution in [2.45, 2.75) is 23.8 Å². The smallest absolute Gasteiger partial charge is 0.328 e. The highest BCUT2D eigenvalue weighted by molar-refractivity contribution is 7.99. The molecule has 0 saturated carbocycles. The fourth-order valence-electron chi connectivity index (χ4n) is 2.41. The van der Waals surface area contributed by atoms with Gasteiger partial charge >= 0.3 is 11.9 Å². The monoisotopic (exact) mass is 401 g/mol. The highest BCUT2D eigenvalue weighted by Crippen LogP contribution is 2.17. The van der Waals surface area contributed by atoms with E-state index < -0.39 is 30.5 Å². The van der Waals surface area contributed by atoms with Crippen LogP contribution in [0.4, 0.5) is 0 Å². The molecular formula is C21H23NO5S. The lowest BCUT2D eigenvalue weighted by molar-refractivity contribution is -0.150. The fourth-order valence-corrected chi connectivity index (χ4v) is 3.26. The van der Waals surface area contributed by atoms with Crippen molar-refractivity contribution in [2.75, 3.05) is 19.5 Å². The number of benzene rings is 2. The number of carbonyl (C=O) groups is 3. The normalized spacial score (nSPS) is 11.3. The molecule has 0 aliphatic carbocycles. The Balaban J connectivity index is 1.73. The summed E-state index contributed by atoms with van der Waals surface area (Å²) < 4.78 is 9.73. The van der Waals surface area contributed by atoms with Crippen LogP contribution in [0.2, 0.25) is 0 Å². The predicted octanol–water partition coefficient (Wildman–Crippen LogP) is 2.61. The van der Waals surface area contributed by atoms with Gasteiger partial charge in [0.25, 0.3) is 5.91 Å². The van der Waals surface area contributed by atoms with E-state index in [1.54, 1.807) is 0 Å². The molecule has 0 heterocycles. The molecule has 0 radical (unpaired) electrons. The molecule has 0 saturated heterocycles. The molecule has 28 heavy (non-hydrogen) atoms. The van der Waals surface area contributed by atoms with E-state index in [2.05, 4.69) is 5.32 Å². The second-order valence-electron chi connectivity index (χ2n) is 5.91. The third kappa shape index (κ3) is 7.84. The van der Waals surface area contributed by atoms with E-state index in [1.165, 1.54) is 18.9 Å². The molecule has 7 heteroatoms. The number of hydrogen-bond donors (Lipinski definition) is 1. The Labute approximate surface area is 168 Å². The lowest BCUT2D eigenvalue weighted by Crippen LogP contribution is -2.44. The number of methoxy groups -OCH3 is 1. The maximum absolute atomic E-state index is 12.1. The van der Waals surface area contributed by atoms with E-state index in [0.717, 1.165) is 10.5 Å². The first kappa shape index (κ1) is 21.5. The second kappa shape index (κ2) is 11.8. The number of hydrogen-bond acceptors (Lipinski definition) is 6. The largest absolute Gasteiger partial charge is 0.467 e. The van der Waals surface area contributed by atoms with Crippen molar-refractivity contribution in [1.82, 2.24) is 5.32 Å². The molecule has 0 spiro atoms. The van der Waals surface area contributed by atoms with Crippen LogP contribution in [0.25, 0.3) is 0 Å². The Morgan fingerprint density at radius 3 is 2.29 bits per heavy atom. The van der Waals surface area contributed by atoms with Gasteiger partial charge in [-0.05, 0) is 17.7 Å². The van der Waals surface area contributed by atoms with Crippen LogP contribution in [0, 0.1) is 0 Å². The fraction of sp³-hybridized carbons (Fsp3) is 0.286. The summed E-state index contributed by atoms with van der Waals surface area (Å²) >= 11 is 1.54. The molecule has 0 bridgehead atoms. The molecule has 148 valence electrons. The van der Waals surface area contributed by atoms with E-state index in [9.17, 15) is 14.4 Å². The minimum atomic E-state index is -0.841. The molecule has 2 aromatic rings. The van der Waals surface area contributed by atoms with Gasteiger partial charge in [-0.15, -0.1) is 11.8 Å². The lowest BCUT2D eigenvalue weighted by Gasteiger charge is -2.16. The van der Waals surface area contributed by atoms with Crippen molar-refractivity contribution in [3.8, 4) is 0 Å². The number of nitrogens with one attached hydrogen (secondary N) is 1. The van der Waals surface area contributed by atoms with Crippen LogP contribution < -0.4 is 5.32 Å². The molecule has 1 N–H and O–H groups in total. The van der Waals surface area contributed by atoms with Crippen LogP contribution >= 0.6 is 11.8 Å². The molecule has 1 unspecified atom stereocenters. The number of rotatable bonds is 10. The first-order valence-electron chi connectivity index (χ1n) is 8.83. The highest BCUT2D eigenvalue weighted by atomic mass is 32.2. The third-order valence-electron chi connectivity index (χ3n) is 3.79. The Bertz CT molecular complexity index is 767. The van der Waals surface area contributed by atoms with Crippen LogP contribution in [-0.2, 0) is 30.3 Å². The number of thioether (sulfide) groups is 1. The van der Waals surface area contributed by atoms with Crippen molar-refractivity contribution in [3.05, 3.63) is 66.2 Å². The minimum absolute atomic E-state index is 0.192. The van der Waals surface area contributed by atoms with Crippen LogP contribution in [-0.4, -0.2) is 43.4 Å². The third-order valence-corrected chi connectivity index (χ3v) is 4.80. The summed E-state index contributed by atoms with van der Waals surface area (Å²) in [6.07, 6.45) is 0.484. The van der Waals surface area contributed by atoms with Gasteiger partial charge in [0.15, 0.2) is 6.61 Å². The van der Waals surface area contributed by atoms with E-state index in [1.807, 2.05) is 60.7 Å². The molecule has 2 aromatic carbocycles. The molecule has 0 aromatic heterocycles. The van der Waals surface area contributed by atoms with Crippen molar-refractivity contribution in [1.29, 1.82) is 0 Å². The molecule has 1 amide bonds. The summed E-state index contributed by atoms with van der Waals surface area (Å²) in [6, 6.07) is 18.1. The van der Waals surface area contributed by atoms with Crippen LogP contribution in [0.15, 0.2) is 65.6 Å². The Morgan fingerprint density at radius 2 is 1.64 bits per heavy atom. The molecule has 1 atom stereocenters. The van der Waals surface area contributed by atoms with Crippen LogP contribution in [0.3, 0.4) is 0 Å².